The number of ether oxygens (including phenoxy) is 2. The molecule has 0 aliphatic heterocycles. The van der Waals surface area contributed by atoms with Crippen molar-refractivity contribution in [2.75, 3.05) is 22.6 Å². The third kappa shape index (κ3) is 6.96. The van der Waals surface area contributed by atoms with Gasteiger partial charge in [-0.2, -0.15) is 0 Å². The van der Waals surface area contributed by atoms with Gasteiger partial charge in [-0.25, -0.2) is 22.6 Å². The van der Waals surface area contributed by atoms with E-state index in [0.29, 0.717) is 11.3 Å². The van der Waals surface area contributed by atoms with E-state index < -0.39 is 44.1 Å². The van der Waals surface area contributed by atoms with E-state index >= 15 is 0 Å². The smallest absolute Gasteiger partial charge is 0.360 e. The number of rotatable bonds is 9. The largest absolute Gasteiger partial charge is 0.497 e. The van der Waals surface area contributed by atoms with Crippen LogP contribution in [0.25, 0.3) is 0 Å². The maximum absolute atomic E-state index is 14.7. The van der Waals surface area contributed by atoms with Crippen molar-refractivity contribution >= 4 is 55.5 Å². The van der Waals surface area contributed by atoms with Crippen LogP contribution in [0.3, 0.4) is 0 Å². The summed E-state index contributed by atoms with van der Waals surface area (Å²) in [5.74, 6) is -2.25. The Labute approximate surface area is 223 Å². The Kier molecular flexibility index (Phi) is 8.77. The molecule has 1 N–H and O–H groups in total. The molecule has 0 saturated heterocycles. The van der Waals surface area contributed by atoms with E-state index in [4.69, 9.17) is 21.1 Å². The van der Waals surface area contributed by atoms with Crippen LogP contribution in [0.2, 0.25) is 0 Å². The second-order valence-electron chi connectivity index (χ2n) is 8.69. The van der Waals surface area contributed by atoms with Crippen LogP contribution in [0.5, 0.6) is 5.75 Å². The minimum absolute atomic E-state index is 0.00463. The number of carbonyl (C=O) groups is 2. The number of hydrogen-bond acceptors (Lipinski definition) is 8. The van der Waals surface area contributed by atoms with Crippen molar-refractivity contribution in [1.29, 1.82) is 0 Å². The van der Waals surface area contributed by atoms with Crippen molar-refractivity contribution in [3.63, 3.8) is 0 Å². The molecular formula is C24H25ClFN3O6S2. The molecule has 0 bridgehead atoms. The third-order valence-electron chi connectivity index (χ3n) is 4.78. The second-order valence-corrected chi connectivity index (χ2v) is 11.7. The number of benzene rings is 2. The zero-order valence-electron chi connectivity index (χ0n) is 20.4. The van der Waals surface area contributed by atoms with Crippen molar-refractivity contribution in [2.45, 2.75) is 37.8 Å². The van der Waals surface area contributed by atoms with Crippen LogP contribution in [-0.2, 0) is 26.1 Å². The van der Waals surface area contributed by atoms with Gasteiger partial charge in [-0.3, -0.25) is 9.10 Å². The van der Waals surface area contributed by atoms with Gasteiger partial charge >= 0.3 is 5.97 Å². The number of nitrogens with zero attached hydrogens (tertiary/aromatic N) is 2. The summed E-state index contributed by atoms with van der Waals surface area (Å²) in [7, 11) is -2.92. The Bertz CT molecular complexity index is 1390. The number of esters is 1. The molecule has 3 rings (SSSR count). The zero-order chi connectivity index (χ0) is 27.4. The van der Waals surface area contributed by atoms with E-state index in [2.05, 4.69) is 10.3 Å². The summed E-state index contributed by atoms with van der Waals surface area (Å²) in [6, 6.07) is 9.72. The number of methoxy groups -OCH3 is 1. The first-order valence-corrected chi connectivity index (χ1v) is 13.7. The number of sulfonamides is 1. The fourth-order valence-electron chi connectivity index (χ4n) is 3.11. The van der Waals surface area contributed by atoms with E-state index in [0.717, 1.165) is 33.8 Å². The number of alkyl halides is 1. The summed E-state index contributed by atoms with van der Waals surface area (Å²) in [6.45, 7) is 4.83. The predicted octanol–water partition coefficient (Wildman–Crippen LogP) is 4.82. The Balaban J connectivity index is 2.08. The van der Waals surface area contributed by atoms with Crippen LogP contribution in [0.15, 0.2) is 52.9 Å². The van der Waals surface area contributed by atoms with Gasteiger partial charge in [0.2, 0.25) is 5.91 Å². The molecule has 0 aliphatic rings. The lowest BCUT2D eigenvalue weighted by atomic mass is 10.2. The van der Waals surface area contributed by atoms with Crippen molar-refractivity contribution in [3.05, 3.63) is 65.0 Å². The van der Waals surface area contributed by atoms with Crippen molar-refractivity contribution in [1.82, 2.24) is 4.98 Å². The molecule has 2 aromatic carbocycles. The highest BCUT2D eigenvalue weighted by atomic mass is 35.5. The van der Waals surface area contributed by atoms with E-state index in [1.165, 1.54) is 12.6 Å². The molecule has 9 nitrogen and oxygen atoms in total. The van der Waals surface area contributed by atoms with Gasteiger partial charge in [0.25, 0.3) is 10.0 Å². The highest BCUT2D eigenvalue weighted by molar-refractivity contribution is 7.93. The Morgan fingerprint density at radius 1 is 1.16 bits per heavy atom. The first-order chi connectivity index (χ1) is 17.4. The maximum atomic E-state index is 14.7. The molecule has 0 radical (unpaired) electrons. The molecule has 198 valence electrons. The van der Waals surface area contributed by atoms with Gasteiger partial charge in [-0.15, -0.1) is 22.9 Å². The highest BCUT2D eigenvalue weighted by Gasteiger charge is 2.33. The lowest BCUT2D eigenvalue weighted by Crippen LogP contribution is -2.32. The number of thiazole rings is 1. The Hall–Kier alpha value is -3.22. The molecule has 1 aromatic heterocycles. The van der Waals surface area contributed by atoms with Crippen molar-refractivity contribution in [3.8, 4) is 5.75 Å². The van der Waals surface area contributed by atoms with E-state index in [9.17, 15) is 22.4 Å². The normalized spacial score (nSPS) is 11.6. The first kappa shape index (κ1) is 28.4. The quantitative estimate of drug-likeness (QED) is 0.290. The molecule has 13 heteroatoms. The number of aromatic nitrogens is 1. The lowest BCUT2D eigenvalue weighted by Gasteiger charge is -2.25. The van der Waals surface area contributed by atoms with Crippen LogP contribution in [0, 0.1) is 5.82 Å². The number of halogens is 2. The monoisotopic (exact) mass is 569 g/mol. The fraction of sp³-hybridized carbons (Fsp3) is 0.292. The summed E-state index contributed by atoms with van der Waals surface area (Å²) in [5, 5.41) is 2.26. The summed E-state index contributed by atoms with van der Waals surface area (Å²) in [6.07, 6.45) is 0. The maximum Gasteiger partial charge on any atom is 0.360 e. The van der Waals surface area contributed by atoms with Crippen LogP contribution < -0.4 is 14.4 Å². The van der Waals surface area contributed by atoms with Crippen LogP contribution in [-0.4, -0.2) is 43.9 Å². The first-order valence-electron chi connectivity index (χ1n) is 10.8. The van der Waals surface area contributed by atoms with Crippen LogP contribution >= 0.6 is 22.9 Å². The van der Waals surface area contributed by atoms with E-state index in [1.54, 1.807) is 45.0 Å². The average Bonchev–Trinajstić information content (AvgIpc) is 3.32. The van der Waals surface area contributed by atoms with Gasteiger partial charge in [-0.05, 0) is 56.7 Å². The van der Waals surface area contributed by atoms with E-state index in [-0.39, 0.29) is 22.9 Å². The van der Waals surface area contributed by atoms with Gasteiger partial charge in [-0.1, -0.05) is 12.1 Å². The number of hydrogen-bond donors (Lipinski definition) is 1. The molecule has 0 fully saturated rings. The zero-order valence-corrected chi connectivity index (χ0v) is 22.8. The molecule has 1 amide bonds. The summed E-state index contributed by atoms with van der Waals surface area (Å²) >= 11 is 6.37. The fourth-order valence-corrected chi connectivity index (χ4v) is 5.66. The minimum atomic E-state index is -4.42. The Morgan fingerprint density at radius 3 is 2.41 bits per heavy atom. The van der Waals surface area contributed by atoms with Crippen molar-refractivity contribution in [2.24, 2.45) is 0 Å². The molecule has 0 unspecified atom stereocenters. The lowest BCUT2D eigenvalue weighted by molar-refractivity contribution is -0.114. The SMILES string of the molecule is COc1ccc(CN(c2scnc2C(=O)OC(C)(C)C)S(=O)(=O)c2ccc(NC(=O)CCl)c(F)c2)cc1. The van der Waals surface area contributed by atoms with Crippen LogP contribution in [0.1, 0.15) is 36.8 Å². The van der Waals surface area contributed by atoms with Crippen LogP contribution in [0.4, 0.5) is 15.1 Å². The molecule has 1 heterocycles. The average molecular weight is 570 g/mol. The number of amides is 1. The summed E-state index contributed by atoms with van der Waals surface area (Å²) in [5.41, 5.74) is 0.641. The number of anilines is 2. The van der Waals surface area contributed by atoms with E-state index in [1.807, 2.05) is 0 Å². The minimum Gasteiger partial charge on any atom is -0.497 e. The molecule has 0 saturated carbocycles. The molecule has 0 aliphatic carbocycles. The molecule has 3 aromatic rings. The molecule has 0 atom stereocenters. The standard InChI is InChI=1S/C24H25ClFN3O6S2/c1-24(2,3)35-23(31)21-22(36-14-27-21)29(13-15-5-7-16(34-4)8-6-15)37(32,33)17-9-10-19(18(26)11-17)28-20(30)12-25/h5-11,14H,12-13H2,1-4H3,(H,28,30). The summed E-state index contributed by atoms with van der Waals surface area (Å²) < 4.78 is 53.9. The second kappa shape index (κ2) is 11.4. The molecular weight excluding hydrogens is 545 g/mol. The molecule has 0 spiro atoms. The van der Waals surface area contributed by atoms with Gasteiger partial charge in [0.05, 0.1) is 29.7 Å². The number of carbonyl (C=O) groups excluding carboxylic acids is 2. The third-order valence-corrected chi connectivity index (χ3v) is 7.72. The van der Waals surface area contributed by atoms with Gasteiger partial charge in [0.1, 0.15) is 28.0 Å². The Morgan fingerprint density at radius 2 is 1.84 bits per heavy atom. The van der Waals surface area contributed by atoms with Crippen molar-refractivity contribution < 1.29 is 31.9 Å². The van der Waals surface area contributed by atoms with Gasteiger partial charge in [0, 0.05) is 0 Å². The highest BCUT2D eigenvalue weighted by Crippen LogP contribution is 2.34. The van der Waals surface area contributed by atoms with Gasteiger partial charge in [0.15, 0.2) is 5.69 Å². The summed E-state index contributed by atoms with van der Waals surface area (Å²) in [4.78, 5) is 28.0. The van der Waals surface area contributed by atoms with Gasteiger partial charge < -0.3 is 14.8 Å². The molecule has 37 heavy (non-hydrogen) atoms. The topological polar surface area (TPSA) is 115 Å². The predicted molar refractivity (Wildman–Crippen MR) is 139 cm³/mol. The number of nitrogens with one attached hydrogen (secondary N) is 1.